The maximum absolute atomic E-state index is 13.1. The van der Waals surface area contributed by atoms with Crippen molar-refractivity contribution in [2.45, 2.75) is 18.7 Å². The lowest BCUT2D eigenvalue weighted by molar-refractivity contribution is 0.601. The van der Waals surface area contributed by atoms with Gasteiger partial charge in [-0.2, -0.15) is 0 Å². The van der Waals surface area contributed by atoms with Crippen LogP contribution in [0, 0.1) is 19.7 Å². The number of sulfonamides is 1. The maximum atomic E-state index is 13.1. The van der Waals surface area contributed by atoms with Crippen molar-refractivity contribution in [2.75, 3.05) is 4.72 Å². The minimum absolute atomic E-state index is 0.00167. The van der Waals surface area contributed by atoms with Gasteiger partial charge < -0.3 is 0 Å². The van der Waals surface area contributed by atoms with E-state index in [4.69, 9.17) is 11.6 Å². The third-order valence-corrected chi connectivity index (χ3v) is 6.99. The molecule has 1 aromatic carbocycles. The van der Waals surface area contributed by atoms with Gasteiger partial charge in [0.05, 0.1) is 26.3 Å². The minimum atomic E-state index is -3.83. The Balaban J connectivity index is 1.96. The van der Waals surface area contributed by atoms with Gasteiger partial charge >= 0.3 is 0 Å². The Morgan fingerprint density at radius 2 is 2.00 bits per heavy atom. The fourth-order valence-corrected chi connectivity index (χ4v) is 5.70. The monoisotopic (exact) mass is 402 g/mol. The zero-order valence-corrected chi connectivity index (χ0v) is 15.8. The molecule has 0 unspecified atom stereocenters. The first-order valence-corrected chi connectivity index (χ1v) is 10.3. The van der Waals surface area contributed by atoms with Crippen molar-refractivity contribution < 1.29 is 12.8 Å². The van der Waals surface area contributed by atoms with Gasteiger partial charge in [0.2, 0.25) is 0 Å². The Morgan fingerprint density at radius 3 is 2.62 bits per heavy atom. The molecule has 4 nitrogen and oxygen atoms in total. The van der Waals surface area contributed by atoms with Crippen LogP contribution in [0.2, 0.25) is 5.02 Å². The highest BCUT2D eigenvalue weighted by atomic mass is 35.5. The normalized spacial score (nSPS) is 11.7. The van der Waals surface area contributed by atoms with E-state index in [-0.39, 0.29) is 15.6 Å². The lowest BCUT2D eigenvalue weighted by Crippen LogP contribution is -2.13. The number of aryl methyl sites for hydroxylation is 2. The summed E-state index contributed by atoms with van der Waals surface area (Å²) in [4.78, 5) is 5.96. The van der Waals surface area contributed by atoms with Crippen LogP contribution < -0.4 is 4.72 Å². The van der Waals surface area contributed by atoms with Crippen molar-refractivity contribution in [3.63, 3.8) is 0 Å². The molecule has 0 amide bonds. The van der Waals surface area contributed by atoms with Crippen molar-refractivity contribution in [3.8, 4) is 10.6 Å². The number of halogens is 2. The summed E-state index contributed by atoms with van der Waals surface area (Å²) in [5, 5.41) is 2.81. The van der Waals surface area contributed by atoms with Crippen molar-refractivity contribution in [1.29, 1.82) is 0 Å². The highest BCUT2D eigenvalue weighted by Gasteiger charge is 2.22. The summed E-state index contributed by atoms with van der Waals surface area (Å²) in [6.45, 7) is 3.62. The molecule has 0 saturated carbocycles. The molecular weight excluding hydrogens is 391 g/mol. The number of thiazole rings is 1. The van der Waals surface area contributed by atoms with E-state index in [0.29, 0.717) is 4.88 Å². The van der Waals surface area contributed by atoms with Crippen molar-refractivity contribution in [1.82, 2.24) is 4.98 Å². The summed E-state index contributed by atoms with van der Waals surface area (Å²) in [6.07, 6.45) is 0. The van der Waals surface area contributed by atoms with E-state index in [0.717, 1.165) is 27.7 Å². The lowest BCUT2D eigenvalue weighted by atomic mass is 10.3. The van der Waals surface area contributed by atoms with E-state index in [1.54, 1.807) is 13.0 Å². The first-order chi connectivity index (χ1) is 11.3. The first-order valence-electron chi connectivity index (χ1n) is 6.77. The van der Waals surface area contributed by atoms with Gasteiger partial charge in [-0.15, -0.1) is 22.7 Å². The van der Waals surface area contributed by atoms with E-state index >= 15 is 0 Å². The summed E-state index contributed by atoms with van der Waals surface area (Å²) in [7, 11) is -3.83. The topological polar surface area (TPSA) is 59.1 Å². The van der Waals surface area contributed by atoms with Gasteiger partial charge in [-0.05, 0) is 38.1 Å². The number of rotatable bonds is 4. The number of aromatic nitrogens is 1. The molecule has 0 fully saturated rings. The quantitative estimate of drug-likeness (QED) is 0.661. The van der Waals surface area contributed by atoms with Gasteiger partial charge in [0.25, 0.3) is 10.0 Å². The Kier molecular flexibility index (Phi) is 4.65. The summed E-state index contributed by atoms with van der Waals surface area (Å²) >= 11 is 8.76. The molecule has 1 N–H and O–H groups in total. The molecule has 0 aliphatic heterocycles. The van der Waals surface area contributed by atoms with E-state index in [1.165, 1.54) is 28.7 Å². The molecule has 3 rings (SSSR count). The third-order valence-electron chi connectivity index (χ3n) is 3.21. The summed E-state index contributed by atoms with van der Waals surface area (Å²) in [5.74, 6) is -0.532. The smallest absolute Gasteiger partial charge is 0.263 e. The van der Waals surface area contributed by atoms with Gasteiger partial charge in [0, 0.05) is 10.3 Å². The Labute approximate surface area is 152 Å². The molecule has 0 aliphatic carbocycles. The average Bonchev–Trinajstić information content (AvgIpc) is 3.08. The molecule has 0 spiro atoms. The number of hydrogen-bond donors (Lipinski definition) is 1. The lowest BCUT2D eigenvalue weighted by Gasteiger charge is -2.09. The van der Waals surface area contributed by atoms with Gasteiger partial charge in [-0.25, -0.2) is 17.8 Å². The van der Waals surface area contributed by atoms with Crippen molar-refractivity contribution in [3.05, 3.63) is 50.4 Å². The molecule has 2 heterocycles. The highest BCUT2D eigenvalue weighted by Crippen LogP contribution is 2.35. The Morgan fingerprint density at radius 1 is 1.25 bits per heavy atom. The van der Waals surface area contributed by atoms with Crippen molar-refractivity contribution >= 4 is 50.0 Å². The predicted octanol–water partition coefficient (Wildman–Crippen LogP) is 5.08. The molecule has 0 aliphatic rings. The zero-order valence-electron chi connectivity index (χ0n) is 12.6. The van der Waals surface area contributed by atoms with E-state index in [1.807, 2.05) is 12.3 Å². The number of nitrogens with one attached hydrogen (secondary N) is 1. The molecule has 126 valence electrons. The minimum Gasteiger partial charge on any atom is -0.278 e. The second-order valence-corrected chi connectivity index (χ2v) is 9.39. The number of anilines is 1. The number of nitrogens with zero attached hydrogens (tertiary/aromatic N) is 1. The van der Waals surface area contributed by atoms with E-state index in [2.05, 4.69) is 9.71 Å². The molecule has 9 heteroatoms. The molecule has 2 aromatic heterocycles. The first kappa shape index (κ1) is 17.3. The van der Waals surface area contributed by atoms with Crippen LogP contribution in [-0.2, 0) is 10.0 Å². The number of thiophene rings is 1. The second kappa shape index (κ2) is 6.44. The van der Waals surface area contributed by atoms with Crippen LogP contribution in [0.3, 0.4) is 0 Å². The molecule has 24 heavy (non-hydrogen) atoms. The SMILES string of the molecule is Cc1nc(-c2cc(S(=O)(=O)Nc3ccc(F)cc3Cl)c(C)s2)cs1. The van der Waals surface area contributed by atoms with Crippen molar-refractivity contribution in [2.24, 2.45) is 0 Å². The molecule has 0 bridgehead atoms. The van der Waals surface area contributed by atoms with Crippen LogP contribution in [-0.4, -0.2) is 13.4 Å². The van der Waals surface area contributed by atoms with Gasteiger partial charge in [-0.3, -0.25) is 4.72 Å². The fraction of sp³-hybridized carbons (Fsp3) is 0.133. The summed E-state index contributed by atoms with van der Waals surface area (Å²) in [5.41, 5.74) is 0.890. The van der Waals surface area contributed by atoms with Crippen LogP contribution in [0.4, 0.5) is 10.1 Å². The van der Waals surface area contributed by atoms with Gasteiger partial charge in [0.15, 0.2) is 0 Å². The van der Waals surface area contributed by atoms with Gasteiger partial charge in [0.1, 0.15) is 10.7 Å². The molecule has 0 radical (unpaired) electrons. The van der Waals surface area contributed by atoms with E-state index in [9.17, 15) is 12.8 Å². The highest BCUT2D eigenvalue weighted by molar-refractivity contribution is 7.93. The average molecular weight is 403 g/mol. The van der Waals surface area contributed by atoms with Crippen LogP contribution >= 0.6 is 34.3 Å². The summed E-state index contributed by atoms with van der Waals surface area (Å²) < 4.78 is 40.8. The zero-order chi connectivity index (χ0) is 17.5. The Bertz CT molecular complexity index is 1010. The largest absolute Gasteiger partial charge is 0.278 e. The Hall–Kier alpha value is -1.48. The van der Waals surface area contributed by atoms with Crippen LogP contribution in [0.25, 0.3) is 10.6 Å². The van der Waals surface area contributed by atoms with Crippen LogP contribution in [0.5, 0.6) is 0 Å². The van der Waals surface area contributed by atoms with Crippen LogP contribution in [0.1, 0.15) is 9.88 Å². The standard InChI is InChI=1S/C15H12ClFN2O2S3/c1-8-15(6-14(23-8)13-7-22-9(2)18-13)24(20,21)19-12-4-3-10(17)5-11(12)16/h3-7,19H,1-2H3. The molecular formula is C15H12ClFN2O2S3. The fourth-order valence-electron chi connectivity index (χ4n) is 2.11. The second-order valence-electron chi connectivity index (χ2n) is 5.01. The van der Waals surface area contributed by atoms with E-state index < -0.39 is 15.8 Å². The molecule has 3 aromatic rings. The number of hydrogen-bond acceptors (Lipinski definition) is 5. The number of benzene rings is 1. The van der Waals surface area contributed by atoms with Crippen LogP contribution in [0.15, 0.2) is 34.5 Å². The third kappa shape index (κ3) is 3.46. The van der Waals surface area contributed by atoms with Gasteiger partial charge in [-0.1, -0.05) is 11.6 Å². The molecule has 0 saturated heterocycles. The predicted molar refractivity (Wildman–Crippen MR) is 97.1 cm³/mol. The maximum Gasteiger partial charge on any atom is 0.263 e. The molecule has 0 atom stereocenters. The summed E-state index contributed by atoms with van der Waals surface area (Å²) in [6, 6.07) is 5.09.